The first-order valence-corrected chi connectivity index (χ1v) is 8.01. The zero-order valence-electron chi connectivity index (χ0n) is 10.7. The minimum absolute atomic E-state index is 0.177. The van der Waals surface area contributed by atoms with Crippen LogP contribution in [0.5, 0.6) is 0 Å². The molecule has 0 radical (unpaired) electrons. The van der Waals surface area contributed by atoms with Crippen LogP contribution in [0.1, 0.15) is 45.4 Å². The van der Waals surface area contributed by atoms with Gasteiger partial charge in [0, 0.05) is 13.2 Å². The van der Waals surface area contributed by atoms with Gasteiger partial charge in [-0.1, -0.05) is 23.8 Å². The second-order valence-electron chi connectivity index (χ2n) is 4.08. The molecule has 0 aromatic rings. The summed E-state index contributed by atoms with van der Waals surface area (Å²) in [5, 5.41) is 8.43. The van der Waals surface area contributed by atoms with Gasteiger partial charge in [-0.3, -0.25) is 0 Å². The highest BCUT2D eigenvalue weighted by Gasteiger charge is 2.18. The van der Waals surface area contributed by atoms with E-state index in [1.165, 1.54) is 12.8 Å². The van der Waals surface area contributed by atoms with Crippen molar-refractivity contribution in [1.29, 1.82) is 0 Å². The van der Waals surface area contributed by atoms with Gasteiger partial charge >= 0.3 is 13.8 Å². The smallest absolute Gasteiger partial charge is 0.352 e. The Labute approximate surface area is 105 Å². The number of hydrogen-bond donors (Lipinski definition) is 1. The fourth-order valence-corrected chi connectivity index (χ4v) is 2.61. The van der Waals surface area contributed by atoms with Crippen LogP contribution >= 0.6 is 7.80 Å². The molecule has 5 heteroatoms. The number of ether oxygens (including phenoxy) is 1. The van der Waals surface area contributed by atoms with Crippen molar-refractivity contribution >= 4 is 13.8 Å². The second-order valence-corrected chi connectivity index (χ2v) is 5.80. The summed E-state index contributed by atoms with van der Waals surface area (Å²) in [7, 11) is -1.52. The molecule has 0 bridgehead atoms. The van der Waals surface area contributed by atoms with Crippen LogP contribution in [0.15, 0.2) is 0 Å². The topological polar surface area (TPSA) is 63.6 Å². The first-order valence-electron chi connectivity index (χ1n) is 6.38. The number of carboxylic acids is 1. The van der Waals surface area contributed by atoms with Crippen molar-refractivity contribution in [1.82, 2.24) is 0 Å². The Morgan fingerprint density at radius 3 is 2.29 bits per heavy atom. The van der Waals surface area contributed by atoms with Gasteiger partial charge in [0.2, 0.25) is 6.16 Å². The van der Waals surface area contributed by atoms with Crippen LogP contribution in [-0.4, -0.2) is 36.6 Å². The predicted molar refractivity (Wildman–Crippen MR) is 69.2 cm³/mol. The van der Waals surface area contributed by atoms with E-state index in [9.17, 15) is 9.36 Å². The van der Waals surface area contributed by atoms with Crippen molar-refractivity contribution in [2.24, 2.45) is 0 Å². The maximum Gasteiger partial charge on any atom is 0.352 e. The lowest BCUT2D eigenvalue weighted by Gasteiger charge is -2.00. The van der Waals surface area contributed by atoms with Crippen LogP contribution < -0.4 is 0 Å². The maximum absolute atomic E-state index is 11.2. The highest BCUT2D eigenvalue weighted by molar-refractivity contribution is 7.45. The van der Waals surface area contributed by atoms with E-state index in [4.69, 9.17) is 9.84 Å². The monoisotopic (exact) mass is 263 g/mol. The Morgan fingerprint density at radius 1 is 1.12 bits per heavy atom. The third kappa shape index (κ3) is 13.5. The van der Waals surface area contributed by atoms with Crippen LogP contribution in [0.4, 0.5) is 0 Å². The van der Waals surface area contributed by atoms with Crippen molar-refractivity contribution in [3.63, 3.8) is 0 Å². The van der Waals surface area contributed by atoms with Crippen molar-refractivity contribution in [2.75, 3.05) is 25.5 Å². The van der Waals surface area contributed by atoms with Crippen LogP contribution in [-0.2, 0) is 14.1 Å². The van der Waals surface area contributed by atoms with Crippen molar-refractivity contribution in [3.8, 4) is 0 Å². The third-order valence-electron chi connectivity index (χ3n) is 2.46. The van der Waals surface area contributed by atoms with E-state index in [0.29, 0.717) is 6.16 Å². The van der Waals surface area contributed by atoms with Crippen molar-refractivity contribution in [3.05, 3.63) is 0 Å². The average Bonchev–Trinajstić information content (AvgIpc) is 2.26. The highest BCUT2D eigenvalue weighted by atomic mass is 31.1. The lowest BCUT2D eigenvalue weighted by atomic mass is 10.1. The van der Waals surface area contributed by atoms with Crippen LogP contribution in [0.25, 0.3) is 0 Å². The van der Waals surface area contributed by atoms with Crippen LogP contribution in [0.2, 0.25) is 0 Å². The quantitative estimate of drug-likeness (QED) is 0.433. The molecule has 4 nitrogen and oxygen atoms in total. The summed E-state index contributed by atoms with van der Waals surface area (Å²) in [5.41, 5.74) is 0. The largest absolute Gasteiger partial charge is 0.478 e. The summed E-state index contributed by atoms with van der Waals surface area (Å²) in [4.78, 5) is 10.3. The first kappa shape index (κ1) is 16.5. The van der Waals surface area contributed by atoms with Crippen LogP contribution in [0.3, 0.4) is 0 Å². The van der Waals surface area contributed by atoms with Gasteiger partial charge in [-0.15, -0.1) is 0 Å². The van der Waals surface area contributed by atoms with E-state index in [1.807, 2.05) is 6.92 Å². The molecule has 100 valence electrons. The van der Waals surface area contributed by atoms with Gasteiger partial charge in [-0.2, -0.15) is 0 Å². The summed E-state index contributed by atoms with van der Waals surface area (Å²) in [6, 6.07) is 0. The molecule has 0 amide bonds. The maximum atomic E-state index is 11.2. The Kier molecular flexibility index (Phi) is 11.7. The molecule has 0 rings (SSSR count). The molecule has 1 atom stereocenters. The number of carbonyl (C=O) groups is 1. The summed E-state index contributed by atoms with van der Waals surface area (Å²) in [6.07, 6.45) is 6.93. The number of aliphatic carboxylic acids is 1. The molecule has 1 unspecified atom stereocenters. The molecule has 0 saturated carbocycles. The van der Waals surface area contributed by atoms with Gasteiger partial charge in [0.15, 0.2) is 0 Å². The first-order chi connectivity index (χ1) is 8.16. The molecular weight excluding hydrogens is 239 g/mol. The van der Waals surface area contributed by atoms with Gasteiger partial charge in [0.25, 0.3) is 0 Å². The summed E-state index contributed by atoms with van der Waals surface area (Å²) in [5.74, 6) is -0.956. The lowest BCUT2D eigenvalue weighted by molar-refractivity contribution is -0.134. The molecule has 0 spiro atoms. The standard InChI is InChI=1S/C12H23O4P/c1-2-16-9-7-5-3-4-6-8-10-17(15)11-12(13)14/h2-11H2,1H3/p+1. The number of unbranched alkanes of at least 4 members (excludes halogenated alkanes) is 5. The van der Waals surface area contributed by atoms with Gasteiger partial charge in [0.1, 0.15) is 6.16 Å². The fourth-order valence-electron chi connectivity index (χ4n) is 1.57. The zero-order chi connectivity index (χ0) is 12.9. The van der Waals surface area contributed by atoms with Crippen molar-refractivity contribution < 1.29 is 19.2 Å². The number of carboxylic acid groups (broad SMARTS) is 1. The van der Waals surface area contributed by atoms with Gasteiger partial charge in [-0.05, 0) is 26.2 Å². The molecule has 0 aliphatic carbocycles. The molecule has 17 heavy (non-hydrogen) atoms. The van der Waals surface area contributed by atoms with Crippen LogP contribution in [0, 0.1) is 0 Å². The molecule has 0 aromatic carbocycles. The minimum atomic E-state index is -1.52. The Morgan fingerprint density at radius 2 is 1.71 bits per heavy atom. The van der Waals surface area contributed by atoms with E-state index >= 15 is 0 Å². The molecule has 0 fully saturated rings. The summed E-state index contributed by atoms with van der Waals surface area (Å²) >= 11 is 0. The Balaban J connectivity index is 3.13. The summed E-state index contributed by atoms with van der Waals surface area (Å²) < 4.78 is 16.4. The molecular formula is C12H24O4P+. The molecule has 0 aromatic heterocycles. The third-order valence-corrected chi connectivity index (χ3v) is 3.90. The molecule has 0 aliphatic rings. The van der Waals surface area contributed by atoms with E-state index in [-0.39, 0.29) is 6.16 Å². The normalized spacial score (nSPS) is 11.5. The van der Waals surface area contributed by atoms with Gasteiger partial charge in [-0.25, -0.2) is 4.79 Å². The predicted octanol–water partition coefficient (Wildman–Crippen LogP) is 3.28. The average molecular weight is 263 g/mol. The minimum Gasteiger partial charge on any atom is -0.478 e. The van der Waals surface area contributed by atoms with E-state index in [0.717, 1.165) is 38.9 Å². The van der Waals surface area contributed by atoms with E-state index < -0.39 is 13.8 Å². The van der Waals surface area contributed by atoms with E-state index in [1.54, 1.807) is 0 Å². The molecule has 1 N–H and O–H groups in total. The number of hydrogen-bond acceptors (Lipinski definition) is 3. The number of rotatable bonds is 12. The molecule has 0 heterocycles. The highest BCUT2D eigenvalue weighted by Crippen LogP contribution is 2.22. The Hall–Kier alpha value is -0.470. The SMILES string of the molecule is CCOCCCCCCCC[P+](=O)CC(=O)O. The molecule has 0 saturated heterocycles. The molecule has 0 aliphatic heterocycles. The zero-order valence-corrected chi connectivity index (χ0v) is 11.6. The fraction of sp³-hybridized carbons (Fsp3) is 0.917. The van der Waals surface area contributed by atoms with E-state index in [2.05, 4.69) is 0 Å². The second kappa shape index (κ2) is 12.0. The van der Waals surface area contributed by atoms with Gasteiger partial charge in [0.05, 0.1) is 0 Å². The van der Waals surface area contributed by atoms with Gasteiger partial charge < -0.3 is 9.84 Å². The Bertz CT molecular complexity index is 219. The lowest BCUT2D eigenvalue weighted by Crippen LogP contribution is -1.99. The summed E-state index contributed by atoms with van der Waals surface area (Å²) in [6.45, 7) is 3.63. The van der Waals surface area contributed by atoms with Crippen molar-refractivity contribution in [2.45, 2.75) is 45.4 Å².